The van der Waals surface area contributed by atoms with E-state index in [0.717, 1.165) is 31.5 Å². The van der Waals surface area contributed by atoms with Crippen molar-refractivity contribution in [2.75, 3.05) is 11.4 Å². The molecule has 2 aromatic rings. The highest BCUT2D eigenvalue weighted by Crippen LogP contribution is 2.30. The first-order chi connectivity index (χ1) is 10.7. The molecule has 114 valence electrons. The molecule has 1 atom stereocenters. The van der Waals surface area contributed by atoms with Crippen LogP contribution in [0, 0.1) is 5.92 Å². The molecule has 1 aliphatic rings. The smallest absolute Gasteiger partial charge is 0.227 e. The van der Waals surface area contributed by atoms with E-state index in [1.807, 2.05) is 23.2 Å². The molecule has 22 heavy (non-hydrogen) atoms. The third-order valence-electron chi connectivity index (χ3n) is 4.22. The van der Waals surface area contributed by atoms with Crippen molar-refractivity contribution < 1.29 is 4.79 Å². The number of para-hydroxylation sites is 1. The molecule has 1 amide bonds. The zero-order valence-corrected chi connectivity index (χ0v) is 13.0. The summed E-state index contributed by atoms with van der Waals surface area (Å²) in [6, 6.07) is 12.3. The highest BCUT2D eigenvalue weighted by atomic mass is 16.2. The Morgan fingerprint density at radius 3 is 2.95 bits per heavy atom. The van der Waals surface area contributed by atoms with Crippen LogP contribution in [0.3, 0.4) is 0 Å². The maximum Gasteiger partial charge on any atom is 0.227 e. The zero-order chi connectivity index (χ0) is 15.4. The Balaban J connectivity index is 1.63. The van der Waals surface area contributed by atoms with Gasteiger partial charge in [-0.15, -0.1) is 0 Å². The number of carbonyl (C=O) groups is 1. The molecule has 1 unspecified atom stereocenters. The van der Waals surface area contributed by atoms with Crippen LogP contribution in [0.25, 0.3) is 0 Å². The highest BCUT2D eigenvalue weighted by molar-refractivity contribution is 5.94. The molecule has 1 aromatic carbocycles. The summed E-state index contributed by atoms with van der Waals surface area (Å²) in [6.45, 7) is 3.05. The number of hydrogen-bond donors (Lipinski definition) is 0. The van der Waals surface area contributed by atoms with Gasteiger partial charge in [0.15, 0.2) is 0 Å². The number of benzene rings is 1. The van der Waals surface area contributed by atoms with Gasteiger partial charge in [-0.05, 0) is 48.4 Å². The third-order valence-corrected chi connectivity index (χ3v) is 4.22. The minimum atomic E-state index is 0.239. The zero-order valence-electron chi connectivity index (χ0n) is 13.0. The van der Waals surface area contributed by atoms with Crippen LogP contribution in [-0.2, 0) is 17.6 Å². The molecule has 3 rings (SSSR count). The lowest BCUT2D eigenvalue weighted by atomic mass is 9.93. The molecule has 0 radical (unpaired) electrons. The number of aryl methyl sites for hydroxylation is 1. The summed E-state index contributed by atoms with van der Waals surface area (Å²) in [5, 5.41) is 0. The first-order valence-electron chi connectivity index (χ1n) is 8.01. The Labute approximate surface area is 132 Å². The fourth-order valence-electron chi connectivity index (χ4n) is 3.16. The molecule has 0 saturated heterocycles. The van der Waals surface area contributed by atoms with Gasteiger partial charge < -0.3 is 4.90 Å². The lowest BCUT2D eigenvalue weighted by Crippen LogP contribution is -2.39. The number of hydrogen-bond acceptors (Lipinski definition) is 2. The fraction of sp³-hybridized carbons (Fsp3) is 0.368. The van der Waals surface area contributed by atoms with Crippen LogP contribution >= 0.6 is 0 Å². The van der Waals surface area contributed by atoms with E-state index < -0.39 is 0 Å². The second-order valence-electron chi connectivity index (χ2n) is 6.16. The Kier molecular flexibility index (Phi) is 4.52. The molecular weight excluding hydrogens is 272 g/mol. The van der Waals surface area contributed by atoms with Crippen molar-refractivity contribution in [1.29, 1.82) is 0 Å². The van der Waals surface area contributed by atoms with E-state index in [2.05, 4.69) is 36.2 Å². The number of carbonyl (C=O) groups excluding carboxylic acids is 1. The number of nitrogens with zero attached hydrogens (tertiary/aromatic N) is 2. The summed E-state index contributed by atoms with van der Waals surface area (Å²) in [5.41, 5.74) is 3.59. The quantitative estimate of drug-likeness (QED) is 0.862. The highest BCUT2D eigenvalue weighted by Gasteiger charge is 2.25. The number of amides is 1. The lowest BCUT2D eigenvalue weighted by Gasteiger charge is -2.33. The van der Waals surface area contributed by atoms with Crippen molar-refractivity contribution in [3.05, 3.63) is 59.9 Å². The average Bonchev–Trinajstić information content (AvgIpc) is 2.55. The van der Waals surface area contributed by atoms with E-state index in [4.69, 9.17) is 0 Å². The Morgan fingerprint density at radius 1 is 1.27 bits per heavy atom. The van der Waals surface area contributed by atoms with Gasteiger partial charge in [-0.2, -0.15) is 0 Å². The molecule has 1 aromatic heterocycles. The van der Waals surface area contributed by atoms with E-state index in [0.29, 0.717) is 12.3 Å². The second-order valence-corrected chi connectivity index (χ2v) is 6.16. The van der Waals surface area contributed by atoms with Gasteiger partial charge in [-0.25, -0.2) is 0 Å². The summed E-state index contributed by atoms with van der Waals surface area (Å²) in [5.74, 6) is 0.764. The van der Waals surface area contributed by atoms with Crippen molar-refractivity contribution in [3.63, 3.8) is 0 Å². The standard InChI is InChI=1S/C19H22N2O/c1-15-12-17-8-2-3-9-18(17)21(14-15)19(22)10-4-6-16-7-5-11-20-13-16/h2-3,5,7-9,11,13,15H,4,6,10,12,14H2,1H3. The first-order valence-corrected chi connectivity index (χ1v) is 8.01. The molecular formula is C19H22N2O. The van der Waals surface area contributed by atoms with Gasteiger partial charge in [0.2, 0.25) is 5.91 Å². The van der Waals surface area contributed by atoms with Gasteiger partial charge in [0.05, 0.1) is 0 Å². The molecule has 3 heteroatoms. The SMILES string of the molecule is CC1Cc2ccccc2N(C(=O)CCCc2cccnc2)C1. The van der Waals surface area contributed by atoms with Crippen LogP contribution in [0.15, 0.2) is 48.8 Å². The molecule has 2 heterocycles. The molecule has 0 bridgehead atoms. The van der Waals surface area contributed by atoms with Crippen LogP contribution in [0.5, 0.6) is 0 Å². The minimum Gasteiger partial charge on any atom is -0.312 e. The van der Waals surface area contributed by atoms with Gasteiger partial charge in [-0.1, -0.05) is 31.2 Å². The van der Waals surface area contributed by atoms with Crippen LogP contribution in [0.4, 0.5) is 5.69 Å². The van der Waals surface area contributed by atoms with Gasteiger partial charge in [0.1, 0.15) is 0 Å². The molecule has 1 aliphatic heterocycles. The van der Waals surface area contributed by atoms with Crippen molar-refractivity contribution in [2.24, 2.45) is 5.92 Å². The number of aromatic nitrogens is 1. The van der Waals surface area contributed by atoms with Gasteiger partial charge in [0, 0.05) is 31.0 Å². The van der Waals surface area contributed by atoms with Crippen LogP contribution in [-0.4, -0.2) is 17.4 Å². The van der Waals surface area contributed by atoms with Crippen LogP contribution in [0.2, 0.25) is 0 Å². The summed E-state index contributed by atoms with van der Waals surface area (Å²) in [4.78, 5) is 18.7. The van der Waals surface area contributed by atoms with E-state index in [-0.39, 0.29) is 5.91 Å². The average molecular weight is 294 g/mol. The first kappa shape index (κ1) is 14.8. The third kappa shape index (κ3) is 3.35. The van der Waals surface area contributed by atoms with Crippen molar-refractivity contribution in [1.82, 2.24) is 4.98 Å². The fourth-order valence-corrected chi connectivity index (χ4v) is 3.16. The normalized spacial score (nSPS) is 17.1. The van der Waals surface area contributed by atoms with Gasteiger partial charge in [0.25, 0.3) is 0 Å². The Hall–Kier alpha value is -2.16. The summed E-state index contributed by atoms with van der Waals surface area (Å²) >= 11 is 0. The Morgan fingerprint density at radius 2 is 2.14 bits per heavy atom. The molecule has 0 fully saturated rings. The molecule has 0 aliphatic carbocycles. The van der Waals surface area contributed by atoms with E-state index in [1.54, 1.807) is 6.20 Å². The number of pyridine rings is 1. The summed E-state index contributed by atoms with van der Waals surface area (Å²) in [7, 11) is 0. The van der Waals surface area contributed by atoms with Crippen molar-refractivity contribution in [3.8, 4) is 0 Å². The van der Waals surface area contributed by atoms with Crippen LogP contribution in [0.1, 0.15) is 30.9 Å². The van der Waals surface area contributed by atoms with Crippen molar-refractivity contribution >= 4 is 11.6 Å². The van der Waals surface area contributed by atoms with E-state index in [1.165, 1.54) is 11.1 Å². The molecule has 3 nitrogen and oxygen atoms in total. The lowest BCUT2D eigenvalue weighted by molar-refractivity contribution is -0.118. The number of anilines is 1. The van der Waals surface area contributed by atoms with E-state index in [9.17, 15) is 4.79 Å². The minimum absolute atomic E-state index is 0.239. The van der Waals surface area contributed by atoms with Gasteiger partial charge >= 0.3 is 0 Å². The van der Waals surface area contributed by atoms with E-state index >= 15 is 0 Å². The van der Waals surface area contributed by atoms with Crippen molar-refractivity contribution in [2.45, 2.75) is 32.6 Å². The monoisotopic (exact) mass is 294 g/mol. The predicted octanol–water partition coefficient (Wildman–Crippen LogP) is 3.63. The number of fused-ring (bicyclic) bond motifs is 1. The Bertz CT molecular complexity index is 639. The second kappa shape index (κ2) is 6.73. The molecule has 0 spiro atoms. The molecule has 0 saturated carbocycles. The molecule has 0 N–H and O–H groups in total. The largest absolute Gasteiger partial charge is 0.312 e. The van der Waals surface area contributed by atoms with Gasteiger partial charge in [-0.3, -0.25) is 9.78 Å². The summed E-state index contributed by atoms with van der Waals surface area (Å²) in [6.07, 6.45) is 7.09. The number of rotatable bonds is 4. The summed E-state index contributed by atoms with van der Waals surface area (Å²) < 4.78 is 0. The predicted molar refractivity (Wildman–Crippen MR) is 88.8 cm³/mol. The maximum atomic E-state index is 12.6. The van der Waals surface area contributed by atoms with Crippen LogP contribution < -0.4 is 4.90 Å². The topological polar surface area (TPSA) is 33.2 Å². The maximum absolute atomic E-state index is 12.6.